The van der Waals surface area contributed by atoms with Gasteiger partial charge in [-0.05, 0) is 41.5 Å². The quantitative estimate of drug-likeness (QED) is 0.501. The second-order valence-electron chi connectivity index (χ2n) is 6.55. The highest BCUT2D eigenvalue weighted by Crippen LogP contribution is 2.27. The van der Waals surface area contributed by atoms with E-state index in [1.165, 1.54) is 6.07 Å². The molecule has 0 bridgehead atoms. The number of hydrogen-bond donors (Lipinski definition) is 1. The van der Waals surface area contributed by atoms with Crippen LogP contribution in [0.4, 0.5) is 4.39 Å². The van der Waals surface area contributed by atoms with Crippen LogP contribution < -0.4 is 4.74 Å². The Bertz CT molecular complexity index is 1150. The monoisotopic (exact) mass is 375 g/mol. The summed E-state index contributed by atoms with van der Waals surface area (Å²) in [6.45, 7) is 0.550. The summed E-state index contributed by atoms with van der Waals surface area (Å²) in [4.78, 5) is 11.2. The average molecular weight is 375 g/mol. The minimum absolute atomic E-state index is 0.0239. The Labute approximate surface area is 161 Å². The van der Waals surface area contributed by atoms with Gasteiger partial charge in [0, 0.05) is 23.6 Å². The van der Waals surface area contributed by atoms with E-state index in [2.05, 4.69) is 0 Å². The Kier molecular flexibility index (Phi) is 4.81. The number of hydrogen-bond acceptors (Lipinski definition) is 2. The largest absolute Gasteiger partial charge is 0.481 e. The first-order chi connectivity index (χ1) is 13.6. The molecule has 5 heteroatoms. The lowest BCUT2D eigenvalue weighted by molar-refractivity contribution is -0.136. The normalized spacial score (nSPS) is 10.9. The van der Waals surface area contributed by atoms with Crippen molar-refractivity contribution in [1.82, 2.24) is 4.57 Å². The smallest absolute Gasteiger partial charge is 0.307 e. The molecular formula is C23H18FNO3. The number of para-hydroxylation sites is 2. The van der Waals surface area contributed by atoms with E-state index in [4.69, 9.17) is 9.84 Å². The molecular weight excluding hydrogens is 357 g/mol. The van der Waals surface area contributed by atoms with E-state index in [1.807, 2.05) is 53.2 Å². The molecule has 0 saturated heterocycles. The van der Waals surface area contributed by atoms with Gasteiger partial charge < -0.3 is 14.4 Å². The van der Waals surface area contributed by atoms with Crippen LogP contribution >= 0.6 is 0 Å². The van der Waals surface area contributed by atoms with Crippen molar-refractivity contribution in [3.8, 4) is 11.5 Å². The molecule has 0 aliphatic rings. The summed E-state index contributed by atoms with van der Waals surface area (Å²) in [6.07, 6.45) is 1.85. The number of rotatable bonds is 6. The summed E-state index contributed by atoms with van der Waals surface area (Å²) in [6, 6.07) is 21.5. The summed E-state index contributed by atoms with van der Waals surface area (Å²) < 4.78 is 21.5. The molecule has 4 rings (SSSR count). The number of carbonyl (C=O) groups is 1. The van der Waals surface area contributed by atoms with Gasteiger partial charge in [-0.1, -0.05) is 42.5 Å². The van der Waals surface area contributed by atoms with Gasteiger partial charge in [0.25, 0.3) is 0 Å². The summed E-state index contributed by atoms with van der Waals surface area (Å²) in [5.41, 5.74) is 2.72. The van der Waals surface area contributed by atoms with Crippen LogP contribution in [0.2, 0.25) is 0 Å². The van der Waals surface area contributed by atoms with Gasteiger partial charge in [-0.2, -0.15) is 0 Å². The number of carboxylic acid groups (broad SMARTS) is 1. The Morgan fingerprint density at radius 2 is 1.79 bits per heavy atom. The Morgan fingerprint density at radius 3 is 2.61 bits per heavy atom. The second-order valence-corrected chi connectivity index (χ2v) is 6.55. The number of halogens is 1. The maximum atomic E-state index is 13.8. The molecule has 0 atom stereocenters. The molecule has 4 nitrogen and oxygen atoms in total. The van der Waals surface area contributed by atoms with Gasteiger partial charge >= 0.3 is 5.97 Å². The fourth-order valence-corrected chi connectivity index (χ4v) is 3.32. The zero-order chi connectivity index (χ0) is 19.5. The van der Waals surface area contributed by atoms with Crippen molar-refractivity contribution in [1.29, 1.82) is 0 Å². The minimum Gasteiger partial charge on any atom is -0.481 e. The Hall–Kier alpha value is -3.60. The van der Waals surface area contributed by atoms with Crippen molar-refractivity contribution in [3.05, 3.63) is 95.9 Å². The minimum atomic E-state index is -0.858. The van der Waals surface area contributed by atoms with Crippen molar-refractivity contribution in [3.63, 3.8) is 0 Å². The lowest BCUT2D eigenvalue weighted by Gasteiger charge is -2.10. The zero-order valence-corrected chi connectivity index (χ0v) is 15.0. The number of aromatic nitrogens is 1. The highest BCUT2D eigenvalue weighted by molar-refractivity contribution is 5.87. The van der Waals surface area contributed by atoms with E-state index in [1.54, 1.807) is 24.3 Å². The molecule has 0 radical (unpaired) electrons. The van der Waals surface area contributed by atoms with E-state index in [0.717, 1.165) is 22.0 Å². The van der Waals surface area contributed by atoms with Gasteiger partial charge in [-0.3, -0.25) is 4.79 Å². The highest BCUT2D eigenvalue weighted by Gasteiger charge is 2.12. The summed E-state index contributed by atoms with van der Waals surface area (Å²) >= 11 is 0. The average Bonchev–Trinajstić information content (AvgIpc) is 3.01. The van der Waals surface area contributed by atoms with Gasteiger partial charge in [0.2, 0.25) is 0 Å². The summed E-state index contributed by atoms with van der Waals surface area (Å²) in [5.74, 6) is -0.551. The number of nitrogens with zero attached hydrogens (tertiary/aromatic N) is 1. The van der Waals surface area contributed by atoms with E-state index in [-0.39, 0.29) is 12.2 Å². The van der Waals surface area contributed by atoms with Crippen LogP contribution in [0.25, 0.3) is 10.9 Å². The first-order valence-corrected chi connectivity index (χ1v) is 8.90. The lowest BCUT2D eigenvalue weighted by Crippen LogP contribution is -2.00. The van der Waals surface area contributed by atoms with Crippen molar-refractivity contribution in [2.24, 2.45) is 0 Å². The molecule has 3 aromatic carbocycles. The molecule has 0 unspecified atom stereocenters. The predicted molar refractivity (Wildman–Crippen MR) is 105 cm³/mol. The highest BCUT2D eigenvalue weighted by atomic mass is 19.1. The van der Waals surface area contributed by atoms with Crippen LogP contribution in [0.5, 0.6) is 11.5 Å². The maximum absolute atomic E-state index is 13.8. The third-order valence-electron chi connectivity index (χ3n) is 4.53. The fraction of sp³-hybridized carbons (Fsp3) is 0.0870. The molecule has 1 N–H and O–H groups in total. The number of aliphatic carboxylic acids is 1. The van der Waals surface area contributed by atoms with Gasteiger partial charge in [-0.15, -0.1) is 0 Å². The predicted octanol–water partition coefficient (Wildman–Crippen LogP) is 5.25. The van der Waals surface area contributed by atoms with Gasteiger partial charge in [-0.25, -0.2) is 4.39 Å². The Morgan fingerprint density at radius 1 is 1.00 bits per heavy atom. The molecule has 28 heavy (non-hydrogen) atoms. The van der Waals surface area contributed by atoms with E-state index < -0.39 is 11.8 Å². The Balaban J connectivity index is 1.63. The van der Waals surface area contributed by atoms with Crippen LogP contribution in [-0.2, 0) is 17.8 Å². The van der Waals surface area contributed by atoms with Gasteiger partial charge in [0.15, 0.2) is 11.6 Å². The summed E-state index contributed by atoms with van der Waals surface area (Å²) in [7, 11) is 0. The molecule has 0 aliphatic heterocycles. The van der Waals surface area contributed by atoms with Crippen molar-refractivity contribution >= 4 is 16.9 Å². The number of ether oxygens (including phenoxy) is 1. The molecule has 0 aliphatic carbocycles. The van der Waals surface area contributed by atoms with Crippen LogP contribution in [0, 0.1) is 5.82 Å². The summed E-state index contributed by atoms with van der Waals surface area (Å²) in [5, 5.41) is 10.1. The second kappa shape index (κ2) is 7.56. The maximum Gasteiger partial charge on any atom is 0.307 e. The first kappa shape index (κ1) is 17.8. The van der Waals surface area contributed by atoms with Gasteiger partial charge in [0.1, 0.15) is 5.75 Å². The molecule has 1 heterocycles. The van der Waals surface area contributed by atoms with Crippen molar-refractivity contribution < 1.29 is 19.0 Å². The molecule has 0 spiro atoms. The number of fused-ring (bicyclic) bond motifs is 1. The van der Waals surface area contributed by atoms with Crippen LogP contribution in [0.1, 0.15) is 11.1 Å². The number of benzene rings is 3. The van der Waals surface area contributed by atoms with Crippen LogP contribution in [-0.4, -0.2) is 15.6 Å². The molecule has 0 saturated carbocycles. The van der Waals surface area contributed by atoms with Crippen LogP contribution in [0.15, 0.2) is 79.0 Å². The fourth-order valence-electron chi connectivity index (χ4n) is 3.32. The molecule has 0 fully saturated rings. The van der Waals surface area contributed by atoms with E-state index in [9.17, 15) is 9.18 Å². The number of carboxylic acids is 1. The zero-order valence-electron chi connectivity index (χ0n) is 15.0. The van der Waals surface area contributed by atoms with Crippen molar-refractivity contribution in [2.75, 3.05) is 0 Å². The lowest BCUT2D eigenvalue weighted by atomic mass is 10.1. The van der Waals surface area contributed by atoms with Crippen LogP contribution in [0.3, 0.4) is 0 Å². The SMILES string of the molecule is O=C(O)Cc1cn(Cc2cccc(Oc3ccccc3F)c2)c2ccccc12. The molecule has 1 aromatic heterocycles. The first-order valence-electron chi connectivity index (χ1n) is 8.90. The molecule has 0 amide bonds. The van der Waals surface area contributed by atoms with E-state index in [0.29, 0.717) is 12.3 Å². The molecule has 140 valence electrons. The van der Waals surface area contributed by atoms with Gasteiger partial charge in [0.05, 0.1) is 6.42 Å². The molecule has 4 aromatic rings. The third-order valence-corrected chi connectivity index (χ3v) is 4.53. The van der Waals surface area contributed by atoms with Crippen molar-refractivity contribution in [2.45, 2.75) is 13.0 Å². The third kappa shape index (κ3) is 3.74. The topological polar surface area (TPSA) is 51.5 Å². The standard InChI is InChI=1S/C23H18FNO3/c24-20-9-2-4-11-22(20)28-18-7-5-6-16(12-18)14-25-15-17(13-23(26)27)19-8-1-3-10-21(19)25/h1-12,15H,13-14H2,(H,26,27). The van der Waals surface area contributed by atoms with E-state index >= 15 is 0 Å².